The summed E-state index contributed by atoms with van der Waals surface area (Å²) in [7, 11) is 8.62. The van der Waals surface area contributed by atoms with Gasteiger partial charge in [0.2, 0.25) is 65.0 Å². The molecule has 5 N–H and O–H groups in total. The molecule has 2 fully saturated rings. The smallest absolute Gasteiger partial charge is 0.246 e. The number of allylic oxidation sites excluding steroid dienone is 2. The first-order chi connectivity index (χ1) is 45.2. The van der Waals surface area contributed by atoms with Crippen LogP contribution in [-0.2, 0) is 57.5 Å². The number of carbonyl (C=O) groups excluding carboxylic acids is 11. The molecule has 1 aromatic carbocycles. The van der Waals surface area contributed by atoms with Crippen LogP contribution in [0.5, 0.6) is 0 Å². The topological polar surface area (TPSA) is 288 Å². The highest BCUT2D eigenvalue weighted by Gasteiger charge is 2.49. The zero-order valence-electron chi connectivity index (χ0n) is 62.6. The number of amides is 11. The third-order valence-electron chi connectivity index (χ3n) is 18.7. The number of nitrogens with one attached hydrogen (secondary N) is 4. The molecule has 2 aliphatic heterocycles. The van der Waals surface area contributed by atoms with Gasteiger partial charge in [-0.2, -0.15) is 0 Å². The van der Waals surface area contributed by atoms with E-state index in [1.54, 1.807) is 47.6 Å². The molecular formula is C73H121N11O13. The third kappa shape index (κ3) is 23.2. The maximum Gasteiger partial charge on any atom is 0.246 e. The van der Waals surface area contributed by atoms with Crippen molar-refractivity contribution in [1.82, 2.24) is 55.6 Å². The number of hydrogen-bond donors (Lipinski definition) is 5. The molecule has 0 aliphatic carbocycles. The van der Waals surface area contributed by atoms with Crippen molar-refractivity contribution in [3.05, 3.63) is 54.1 Å². The highest BCUT2D eigenvalue weighted by molar-refractivity contribution is 6.00. The molecule has 0 spiro atoms. The molecule has 0 saturated carbocycles. The van der Waals surface area contributed by atoms with E-state index < -0.39 is 161 Å². The summed E-state index contributed by atoms with van der Waals surface area (Å²) in [5.41, 5.74) is 0.924. The number of carbonyl (C=O) groups is 11. The quantitative estimate of drug-likeness (QED) is 0.107. The predicted octanol–water partition coefficient (Wildman–Crippen LogP) is 5.51. The maximum atomic E-state index is 15.4. The van der Waals surface area contributed by atoms with Gasteiger partial charge in [-0.15, -0.1) is 0 Å². The van der Waals surface area contributed by atoms with E-state index in [1.165, 1.54) is 85.5 Å². The zero-order valence-corrected chi connectivity index (χ0v) is 62.6. The Morgan fingerprint density at radius 2 is 0.969 bits per heavy atom. The molecule has 24 heteroatoms. The van der Waals surface area contributed by atoms with Crippen LogP contribution in [-0.4, -0.2) is 238 Å². The first-order valence-corrected chi connectivity index (χ1v) is 35.0. The van der Waals surface area contributed by atoms with Gasteiger partial charge in [0.15, 0.2) is 0 Å². The average molecular weight is 1360 g/mol. The fourth-order valence-electron chi connectivity index (χ4n) is 12.8. The summed E-state index contributed by atoms with van der Waals surface area (Å²) in [6.45, 7) is 30.0. The lowest BCUT2D eigenvalue weighted by molar-refractivity contribution is -0.157. The Labute approximate surface area is 579 Å². The summed E-state index contributed by atoms with van der Waals surface area (Å²) in [6, 6.07) is -4.36. The molecule has 24 nitrogen and oxygen atoms in total. The van der Waals surface area contributed by atoms with E-state index in [9.17, 15) is 29.1 Å². The average Bonchev–Trinajstić information content (AvgIpc) is 1.68. The molecular weight excluding hydrogens is 1240 g/mol. The molecule has 1 unspecified atom stereocenters. The van der Waals surface area contributed by atoms with Crippen LogP contribution in [0.4, 0.5) is 0 Å². The van der Waals surface area contributed by atoms with Gasteiger partial charge in [-0.25, -0.2) is 0 Å². The molecule has 1 aromatic rings. The second-order valence-corrected chi connectivity index (χ2v) is 29.4. The van der Waals surface area contributed by atoms with Crippen molar-refractivity contribution < 1.29 is 62.6 Å². The van der Waals surface area contributed by atoms with Gasteiger partial charge in [0.1, 0.15) is 66.5 Å². The van der Waals surface area contributed by atoms with Crippen molar-refractivity contribution in [2.75, 3.05) is 55.4 Å². The molecule has 0 aromatic heterocycles. The summed E-state index contributed by atoms with van der Waals surface area (Å²) in [5.74, 6) is -9.95. The minimum absolute atomic E-state index is 0.00939. The monoisotopic (exact) mass is 1360 g/mol. The third-order valence-corrected chi connectivity index (χ3v) is 18.7. The van der Waals surface area contributed by atoms with Crippen molar-refractivity contribution in [1.29, 1.82) is 0 Å². The van der Waals surface area contributed by atoms with Crippen LogP contribution in [0, 0.1) is 41.4 Å². The summed E-state index contributed by atoms with van der Waals surface area (Å²) in [6.07, 6.45) is 5.86. The number of aliphatic hydroxyl groups excluding tert-OH is 1. The van der Waals surface area contributed by atoms with E-state index in [0.717, 1.165) is 10.5 Å². The van der Waals surface area contributed by atoms with Gasteiger partial charge in [0, 0.05) is 55.3 Å². The number of nitrogens with zero attached hydrogens (tertiary/aromatic N) is 7. The number of aliphatic hydroxyl groups is 1. The fraction of sp³-hybridized carbons (Fsp3) is 0.712. The van der Waals surface area contributed by atoms with Gasteiger partial charge in [-0.05, 0) is 106 Å². The van der Waals surface area contributed by atoms with Crippen molar-refractivity contribution in [3.8, 4) is 0 Å². The van der Waals surface area contributed by atoms with Gasteiger partial charge in [0.25, 0.3) is 0 Å². The van der Waals surface area contributed by atoms with Gasteiger partial charge < -0.3 is 65.4 Å². The lowest BCUT2D eigenvalue weighted by Crippen LogP contribution is -2.64. The number of ether oxygens (including phenoxy) is 1. The molecule has 97 heavy (non-hydrogen) atoms. The Morgan fingerprint density at radius 3 is 1.46 bits per heavy atom. The Morgan fingerprint density at radius 1 is 0.505 bits per heavy atom. The predicted molar refractivity (Wildman–Crippen MR) is 376 cm³/mol. The number of fused-ring (bicyclic) bond motifs is 1. The minimum Gasteiger partial charge on any atom is -0.390 e. The van der Waals surface area contributed by atoms with Crippen LogP contribution in [0.3, 0.4) is 0 Å². The largest absolute Gasteiger partial charge is 0.390 e. The summed E-state index contributed by atoms with van der Waals surface area (Å²) >= 11 is 0. The summed E-state index contributed by atoms with van der Waals surface area (Å²) in [4.78, 5) is 174. The van der Waals surface area contributed by atoms with Crippen LogP contribution < -0.4 is 21.3 Å². The lowest BCUT2D eigenvalue weighted by atomic mass is 9.91. The van der Waals surface area contributed by atoms with Crippen LogP contribution in [0.1, 0.15) is 168 Å². The Bertz CT molecular complexity index is 2880. The number of rotatable bonds is 19. The van der Waals surface area contributed by atoms with E-state index in [-0.39, 0.29) is 75.3 Å². The molecule has 0 radical (unpaired) electrons. The molecule has 2 aliphatic rings. The molecule has 546 valence electrons. The highest BCUT2D eigenvalue weighted by Crippen LogP contribution is 2.29. The molecule has 11 amide bonds. The van der Waals surface area contributed by atoms with E-state index >= 15 is 28.8 Å². The number of likely N-dealkylation sites (N-methyl/N-ethyl adjacent to an activating group) is 6. The van der Waals surface area contributed by atoms with Gasteiger partial charge in [-0.1, -0.05) is 152 Å². The van der Waals surface area contributed by atoms with Crippen molar-refractivity contribution in [3.63, 3.8) is 0 Å². The van der Waals surface area contributed by atoms with E-state index in [0.29, 0.717) is 6.42 Å². The highest BCUT2D eigenvalue weighted by atomic mass is 16.5. The number of benzene rings is 1. The van der Waals surface area contributed by atoms with Gasteiger partial charge in [0.05, 0.1) is 18.8 Å². The van der Waals surface area contributed by atoms with E-state index in [4.69, 9.17) is 4.74 Å². The molecule has 0 bridgehead atoms. The normalized spacial score (nSPS) is 27.2. The Balaban J connectivity index is 2.40. The van der Waals surface area contributed by atoms with E-state index in [2.05, 4.69) is 21.3 Å². The van der Waals surface area contributed by atoms with Crippen molar-refractivity contribution in [2.45, 2.75) is 241 Å². The molecule has 3 rings (SSSR count). The SMILES string of the molecule is C/C=C/C[C@@H](C)[C@@H](O)[C@H]1C(=O)N[C@@H](CC)C(=O)N2CC(OC/C=C\c3ccccc3)C[C@@H]2C(=O)N(C)[C@@H](CC(C)C)C(=O)N[C@@H](C(C)C)C(=O)N(C)[C@@H](CC(C)C)C(=O)N[C@@H](C)C(=O)N[C@H](C)C(=O)N(C)[C@@H](CC(C)C)C(=O)N(C)[C@@H](CC(C)C)C(=O)N(C)[C@@H](C(C)C)C(=O)N1C. The summed E-state index contributed by atoms with van der Waals surface area (Å²) < 4.78 is 6.37. The van der Waals surface area contributed by atoms with Crippen LogP contribution in [0.15, 0.2) is 48.6 Å². The van der Waals surface area contributed by atoms with Gasteiger partial charge in [-0.3, -0.25) is 52.7 Å². The summed E-state index contributed by atoms with van der Waals surface area (Å²) in [5, 5.41) is 23.6. The second-order valence-electron chi connectivity index (χ2n) is 29.4. The molecule has 2 heterocycles. The van der Waals surface area contributed by atoms with Crippen LogP contribution in [0.2, 0.25) is 0 Å². The van der Waals surface area contributed by atoms with Crippen molar-refractivity contribution >= 4 is 71.1 Å². The first-order valence-electron chi connectivity index (χ1n) is 35.0. The standard InChI is InChI=1S/C73H121N11O13/c1-24-26-31-48(15)62(85)61-66(89)76-53(25-2)68(91)84-41-52(97-35-30-34-51-32-28-27-29-33-51)40-58(84)71(94)78(18)55(37-43(5)6)65(88)77-59(46(11)12)72(95)79(19)54(36-42(3)4)64(87)74-49(16)63(86)75-50(17)67(90)80(20)56(38-44(7)8)69(92)81(21)57(39-45(9)10)70(93)82(22)60(47(13)14)73(96)83(61)23/h24,26-30,32-34,42-50,52-62,85H,25,31,35-41H2,1-23H3,(H,74,87)(H,75,86)(H,76,89)(H,77,88)/b26-24+,34-30-/t48-,49+,50-,52?,53+,54+,55+,56+,57+,58-,59+,60+,61+,62-/m1/s1. The molecule has 14 atom stereocenters. The van der Waals surface area contributed by atoms with E-state index in [1.807, 2.05) is 111 Å². The second kappa shape index (κ2) is 38.8. The first kappa shape index (κ1) is 84.0. The zero-order chi connectivity index (χ0) is 73.8. The van der Waals surface area contributed by atoms with Crippen molar-refractivity contribution in [2.24, 2.45) is 41.4 Å². The Kier molecular flexibility index (Phi) is 33.6. The number of hydrogen-bond acceptors (Lipinski definition) is 13. The fourth-order valence-corrected chi connectivity index (χ4v) is 12.8. The van der Waals surface area contributed by atoms with Gasteiger partial charge >= 0.3 is 0 Å². The van der Waals surface area contributed by atoms with Crippen LogP contribution in [0.25, 0.3) is 6.08 Å². The molecule has 2 saturated heterocycles. The Hall–Kier alpha value is -7.21. The lowest BCUT2D eigenvalue weighted by Gasteiger charge is -2.41. The maximum absolute atomic E-state index is 15.4. The minimum atomic E-state index is -1.65. The van der Waals surface area contributed by atoms with Crippen LogP contribution >= 0.6 is 0 Å².